The van der Waals surface area contributed by atoms with Crippen molar-refractivity contribution in [3.8, 4) is 0 Å². The van der Waals surface area contributed by atoms with Gasteiger partial charge in [0, 0.05) is 19.1 Å². The number of likely N-dealkylation sites (N-methyl/N-ethyl adjacent to an activating group) is 1. The molecule has 3 heteroatoms. The smallest absolute Gasteiger partial charge is 0.117 e. The molecule has 1 N–H and O–H groups in total. The van der Waals surface area contributed by atoms with Gasteiger partial charge in [-0.3, -0.25) is 0 Å². The molecule has 2 unspecified atom stereocenters. The summed E-state index contributed by atoms with van der Waals surface area (Å²) in [7, 11) is 2.17. The molecular weight excluding hydrogens is 176 g/mol. The van der Waals surface area contributed by atoms with Crippen molar-refractivity contribution in [3.05, 3.63) is 24.2 Å². The molecule has 3 nitrogen and oxygen atoms in total. The summed E-state index contributed by atoms with van der Waals surface area (Å²) < 4.78 is 5.28. The van der Waals surface area contributed by atoms with Gasteiger partial charge in [0.15, 0.2) is 0 Å². The molecule has 1 aromatic heterocycles. The first-order chi connectivity index (χ1) is 6.75. The Morgan fingerprint density at radius 1 is 1.57 bits per heavy atom. The van der Waals surface area contributed by atoms with Crippen LogP contribution in [0.5, 0.6) is 0 Å². The maximum Gasteiger partial charge on any atom is 0.117 e. The lowest BCUT2D eigenvalue weighted by molar-refractivity contribution is 0.390. The third-order valence-corrected chi connectivity index (χ3v) is 2.91. The molecule has 0 saturated carbocycles. The molecule has 14 heavy (non-hydrogen) atoms. The summed E-state index contributed by atoms with van der Waals surface area (Å²) in [5, 5.41) is 3.53. The number of nitrogens with one attached hydrogen (secondary N) is 1. The van der Waals surface area contributed by atoms with Crippen molar-refractivity contribution >= 4 is 0 Å². The number of nitrogens with zero attached hydrogens (tertiary/aromatic N) is 1. The minimum absolute atomic E-state index is 0.602. The predicted molar refractivity (Wildman–Crippen MR) is 56.0 cm³/mol. The second-order valence-electron chi connectivity index (χ2n) is 4.27. The lowest BCUT2D eigenvalue weighted by Gasteiger charge is -2.15. The minimum Gasteiger partial charge on any atom is -0.468 e. The molecule has 0 amide bonds. The lowest BCUT2D eigenvalue weighted by atomic mass is 10.1. The van der Waals surface area contributed by atoms with Gasteiger partial charge in [-0.1, -0.05) is 6.92 Å². The highest BCUT2D eigenvalue weighted by molar-refractivity contribution is 4.98. The average molecular weight is 194 g/mol. The molecule has 0 radical (unpaired) electrons. The summed E-state index contributed by atoms with van der Waals surface area (Å²) in [6.45, 7) is 5.47. The Kier molecular flexibility index (Phi) is 2.89. The van der Waals surface area contributed by atoms with Crippen LogP contribution in [0.15, 0.2) is 22.8 Å². The largest absolute Gasteiger partial charge is 0.468 e. The number of rotatable bonds is 3. The van der Waals surface area contributed by atoms with E-state index in [-0.39, 0.29) is 0 Å². The number of hydrogen-bond donors (Lipinski definition) is 1. The second kappa shape index (κ2) is 4.15. The summed E-state index contributed by atoms with van der Waals surface area (Å²) in [6, 6.07) is 4.54. The topological polar surface area (TPSA) is 28.4 Å². The maximum absolute atomic E-state index is 5.28. The fourth-order valence-electron chi connectivity index (χ4n) is 2.12. The van der Waals surface area contributed by atoms with Crippen LogP contribution in [0.1, 0.15) is 12.7 Å². The summed E-state index contributed by atoms with van der Waals surface area (Å²) in [5.74, 6) is 1.75. The molecule has 78 valence electrons. The highest BCUT2D eigenvalue weighted by Gasteiger charge is 2.26. The molecule has 1 saturated heterocycles. The Labute approximate surface area is 85.1 Å². The highest BCUT2D eigenvalue weighted by atomic mass is 16.3. The van der Waals surface area contributed by atoms with E-state index in [2.05, 4.69) is 24.2 Å². The second-order valence-corrected chi connectivity index (χ2v) is 4.27. The van der Waals surface area contributed by atoms with Crippen LogP contribution < -0.4 is 5.32 Å². The van der Waals surface area contributed by atoms with Crippen LogP contribution in [0.4, 0.5) is 0 Å². The van der Waals surface area contributed by atoms with Gasteiger partial charge in [-0.05, 0) is 25.1 Å². The highest BCUT2D eigenvalue weighted by Crippen LogP contribution is 2.14. The first-order valence-electron chi connectivity index (χ1n) is 5.20. The predicted octanol–water partition coefficient (Wildman–Crippen LogP) is 1.32. The van der Waals surface area contributed by atoms with Gasteiger partial charge in [0.2, 0.25) is 0 Å². The first-order valence-corrected chi connectivity index (χ1v) is 5.20. The van der Waals surface area contributed by atoms with E-state index < -0.39 is 0 Å². The molecule has 0 bridgehead atoms. The van der Waals surface area contributed by atoms with E-state index in [1.54, 1.807) is 6.26 Å². The van der Waals surface area contributed by atoms with Crippen molar-refractivity contribution in [2.45, 2.75) is 19.5 Å². The molecule has 1 aliphatic heterocycles. The van der Waals surface area contributed by atoms with Gasteiger partial charge in [-0.15, -0.1) is 0 Å². The Morgan fingerprint density at radius 3 is 3.00 bits per heavy atom. The Hall–Kier alpha value is -0.800. The van der Waals surface area contributed by atoms with E-state index in [4.69, 9.17) is 4.42 Å². The zero-order chi connectivity index (χ0) is 9.97. The molecule has 0 aromatic carbocycles. The third kappa shape index (κ3) is 2.16. The van der Waals surface area contributed by atoms with Gasteiger partial charge >= 0.3 is 0 Å². The van der Waals surface area contributed by atoms with Gasteiger partial charge < -0.3 is 14.6 Å². The molecule has 0 aliphatic carbocycles. The van der Waals surface area contributed by atoms with Gasteiger partial charge in [0.1, 0.15) is 5.76 Å². The van der Waals surface area contributed by atoms with Crippen LogP contribution in [0, 0.1) is 5.92 Å². The van der Waals surface area contributed by atoms with Crippen molar-refractivity contribution in [1.82, 2.24) is 10.2 Å². The van der Waals surface area contributed by atoms with Crippen LogP contribution >= 0.6 is 0 Å². The van der Waals surface area contributed by atoms with E-state index in [0.717, 1.165) is 24.8 Å². The van der Waals surface area contributed by atoms with Crippen LogP contribution in [0.2, 0.25) is 0 Å². The number of likely N-dealkylation sites (tertiary alicyclic amines) is 1. The van der Waals surface area contributed by atoms with Crippen molar-refractivity contribution < 1.29 is 4.42 Å². The van der Waals surface area contributed by atoms with Crippen LogP contribution in [0.3, 0.4) is 0 Å². The normalized spacial score (nSPS) is 28.4. The van der Waals surface area contributed by atoms with Crippen LogP contribution in [0.25, 0.3) is 0 Å². The Balaban J connectivity index is 1.81. The molecule has 1 aliphatic rings. The third-order valence-electron chi connectivity index (χ3n) is 2.91. The first kappa shape index (κ1) is 9.74. The summed E-state index contributed by atoms with van der Waals surface area (Å²) in [4.78, 5) is 2.37. The van der Waals surface area contributed by atoms with Gasteiger partial charge in [0.25, 0.3) is 0 Å². The molecule has 1 aromatic rings. The molecular formula is C11H18N2O. The quantitative estimate of drug-likeness (QED) is 0.786. The minimum atomic E-state index is 0.602. The van der Waals surface area contributed by atoms with Crippen molar-refractivity contribution in [3.63, 3.8) is 0 Å². The molecule has 2 atom stereocenters. The molecule has 1 fully saturated rings. The Morgan fingerprint density at radius 2 is 2.43 bits per heavy atom. The van der Waals surface area contributed by atoms with Crippen molar-refractivity contribution in [1.29, 1.82) is 0 Å². The van der Waals surface area contributed by atoms with Gasteiger partial charge in [-0.25, -0.2) is 0 Å². The van der Waals surface area contributed by atoms with E-state index >= 15 is 0 Å². The average Bonchev–Trinajstić information content (AvgIpc) is 2.72. The SMILES string of the molecule is CC1CN(C)CC1NCc1ccco1. The maximum atomic E-state index is 5.28. The van der Waals surface area contributed by atoms with Gasteiger partial charge in [0.05, 0.1) is 12.8 Å². The fourth-order valence-corrected chi connectivity index (χ4v) is 2.12. The monoisotopic (exact) mass is 194 g/mol. The van der Waals surface area contributed by atoms with Crippen LogP contribution in [-0.4, -0.2) is 31.1 Å². The standard InChI is InChI=1S/C11H18N2O/c1-9-7-13(2)8-11(9)12-6-10-4-3-5-14-10/h3-5,9,11-12H,6-8H2,1-2H3. The number of furan rings is 1. The van der Waals surface area contributed by atoms with Crippen molar-refractivity contribution in [2.75, 3.05) is 20.1 Å². The van der Waals surface area contributed by atoms with Gasteiger partial charge in [-0.2, -0.15) is 0 Å². The Bertz CT molecular complexity index is 271. The van der Waals surface area contributed by atoms with E-state index in [0.29, 0.717) is 6.04 Å². The lowest BCUT2D eigenvalue weighted by Crippen LogP contribution is -2.34. The van der Waals surface area contributed by atoms with E-state index in [1.165, 1.54) is 6.54 Å². The van der Waals surface area contributed by atoms with Crippen LogP contribution in [-0.2, 0) is 6.54 Å². The van der Waals surface area contributed by atoms with Crippen molar-refractivity contribution in [2.24, 2.45) is 5.92 Å². The zero-order valence-corrected chi connectivity index (χ0v) is 8.86. The zero-order valence-electron chi connectivity index (χ0n) is 8.86. The summed E-state index contributed by atoms with van der Waals surface area (Å²) in [6.07, 6.45) is 1.72. The molecule has 0 spiro atoms. The fraction of sp³-hybridized carbons (Fsp3) is 0.636. The summed E-state index contributed by atoms with van der Waals surface area (Å²) >= 11 is 0. The number of hydrogen-bond acceptors (Lipinski definition) is 3. The molecule has 2 heterocycles. The van der Waals surface area contributed by atoms with E-state index in [9.17, 15) is 0 Å². The molecule has 2 rings (SSSR count). The summed E-state index contributed by atoms with van der Waals surface area (Å²) in [5.41, 5.74) is 0. The van der Waals surface area contributed by atoms with E-state index in [1.807, 2.05) is 12.1 Å².